The van der Waals surface area contributed by atoms with Crippen molar-refractivity contribution >= 4 is 5.97 Å². The lowest BCUT2D eigenvalue weighted by Crippen LogP contribution is -2.40. The van der Waals surface area contributed by atoms with Gasteiger partial charge < -0.3 is 9.84 Å². The highest BCUT2D eigenvalue weighted by Crippen LogP contribution is 2.34. The predicted molar refractivity (Wildman–Crippen MR) is 105 cm³/mol. The van der Waals surface area contributed by atoms with E-state index in [1.807, 2.05) is 30.3 Å². The Labute approximate surface area is 160 Å². The fourth-order valence-corrected chi connectivity index (χ4v) is 4.56. The molecule has 0 spiro atoms. The Morgan fingerprint density at radius 3 is 2.85 bits per heavy atom. The maximum absolute atomic E-state index is 12.1. The number of esters is 1. The van der Waals surface area contributed by atoms with Crippen LogP contribution in [0.5, 0.6) is 5.75 Å². The van der Waals surface area contributed by atoms with Crippen molar-refractivity contribution in [2.45, 2.75) is 51.2 Å². The van der Waals surface area contributed by atoms with E-state index in [-0.39, 0.29) is 12.1 Å². The van der Waals surface area contributed by atoms with Crippen LogP contribution in [0.15, 0.2) is 42.5 Å². The Morgan fingerprint density at radius 2 is 2.00 bits per heavy atom. The lowest BCUT2D eigenvalue weighted by atomic mass is 9.86. The van der Waals surface area contributed by atoms with Gasteiger partial charge in [-0.2, -0.15) is 0 Å². The SMILES string of the molecule is CCCN(CC[C@@H]1OC(=O)c2ccccc21)[C@@H]1CCc2c(O)cccc2C1. The van der Waals surface area contributed by atoms with Gasteiger partial charge in [0.1, 0.15) is 11.9 Å². The number of phenols is 1. The number of hydrogen-bond acceptors (Lipinski definition) is 4. The molecule has 1 aliphatic heterocycles. The van der Waals surface area contributed by atoms with E-state index >= 15 is 0 Å². The average Bonchev–Trinajstić information content (AvgIpc) is 3.01. The van der Waals surface area contributed by atoms with Gasteiger partial charge in [0.05, 0.1) is 5.56 Å². The summed E-state index contributed by atoms with van der Waals surface area (Å²) in [6, 6.07) is 14.1. The summed E-state index contributed by atoms with van der Waals surface area (Å²) in [5, 5.41) is 10.1. The van der Waals surface area contributed by atoms with Gasteiger partial charge >= 0.3 is 5.97 Å². The quantitative estimate of drug-likeness (QED) is 0.777. The van der Waals surface area contributed by atoms with Crippen LogP contribution < -0.4 is 0 Å². The maximum atomic E-state index is 12.1. The number of phenolic OH excluding ortho intramolecular Hbond substituents is 1. The van der Waals surface area contributed by atoms with Gasteiger partial charge in [-0.1, -0.05) is 37.3 Å². The van der Waals surface area contributed by atoms with E-state index < -0.39 is 0 Å². The first-order valence-corrected chi connectivity index (χ1v) is 10.0. The molecule has 0 saturated carbocycles. The van der Waals surface area contributed by atoms with Crippen LogP contribution >= 0.6 is 0 Å². The van der Waals surface area contributed by atoms with Crippen LogP contribution in [0.25, 0.3) is 0 Å². The second-order valence-corrected chi connectivity index (χ2v) is 7.62. The minimum Gasteiger partial charge on any atom is -0.508 e. The third-order valence-corrected chi connectivity index (χ3v) is 5.91. The lowest BCUT2D eigenvalue weighted by molar-refractivity contribution is 0.0328. The van der Waals surface area contributed by atoms with E-state index in [0.29, 0.717) is 17.4 Å². The summed E-state index contributed by atoms with van der Waals surface area (Å²) in [6.45, 7) is 4.17. The van der Waals surface area contributed by atoms with Crippen LogP contribution in [0.4, 0.5) is 0 Å². The van der Waals surface area contributed by atoms with E-state index in [1.54, 1.807) is 6.07 Å². The van der Waals surface area contributed by atoms with Gasteiger partial charge in [-0.3, -0.25) is 4.90 Å². The third kappa shape index (κ3) is 3.59. The number of fused-ring (bicyclic) bond motifs is 2. The molecule has 0 fully saturated rings. The van der Waals surface area contributed by atoms with Crippen LogP contribution in [0.3, 0.4) is 0 Å². The molecule has 4 heteroatoms. The molecule has 27 heavy (non-hydrogen) atoms. The second kappa shape index (κ2) is 7.73. The van der Waals surface area contributed by atoms with Gasteiger partial charge in [0.15, 0.2) is 0 Å². The number of benzene rings is 2. The van der Waals surface area contributed by atoms with E-state index in [1.165, 1.54) is 5.56 Å². The molecular weight excluding hydrogens is 338 g/mol. The number of carbonyl (C=O) groups is 1. The maximum Gasteiger partial charge on any atom is 0.339 e. The molecule has 0 amide bonds. The molecule has 4 rings (SSSR count). The first kappa shape index (κ1) is 18.1. The minimum absolute atomic E-state index is 0.132. The molecule has 4 nitrogen and oxygen atoms in total. The number of cyclic esters (lactones) is 1. The van der Waals surface area contributed by atoms with Crippen molar-refractivity contribution in [1.82, 2.24) is 4.90 Å². The Bertz CT molecular complexity index is 832. The van der Waals surface area contributed by atoms with Crippen molar-refractivity contribution in [2.75, 3.05) is 13.1 Å². The van der Waals surface area contributed by atoms with Crippen LogP contribution in [0.1, 0.15) is 59.3 Å². The summed E-state index contributed by atoms with van der Waals surface area (Å²) in [7, 11) is 0. The molecule has 0 radical (unpaired) electrons. The molecule has 0 saturated heterocycles. The molecule has 0 aromatic heterocycles. The highest BCUT2D eigenvalue weighted by Gasteiger charge is 2.32. The Kier molecular flexibility index (Phi) is 5.17. The Morgan fingerprint density at radius 1 is 1.15 bits per heavy atom. The monoisotopic (exact) mass is 365 g/mol. The first-order valence-electron chi connectivity index (χ1n) is 10.0. The fraction of sp³-hybridized carbons (Fsp3) is 0.435. The summed E-state index contributed by atoms with van der Waals surface area (Å²) in [5.41, 5.74) is 4.12. The second-order valence-electron chi connectivity index (χ2n) is 7.62. The average molecular weight is 365 g/mol. The Balaban J connectivity index is 1.44. The zero-order valence-electron chi connectivity index (χ0n) is 15.9. The predicted octanol–water partition coefficient (Wildman–Crippen LogP) is 4.26. The standard InChI is InChI=1S/C23H27NO3/c1-2-13-24(17-10-11-18-16(15-17)6-5-9-21(18)25)14-12-22-19-7-3-4-8-20(19)23(26)27-22/h3-9,17,22,25H,2,10-15H2,1H3/t17-,22+/m1/s1. The summed E-state index contributed by atoms with van der Waals surface area (Å²) in [4.78, 5) is 14.6. The van der Waals surface area contributed by atoms with Crippen molar-refractivity contribution in [3.63, 3.8) is 0 Å². The molecule has 0 unspecified atom stereocenters. The van der Waals surface area contributed by atoms with E-state index in [2.05, 4.69) is 17.9 Å². The Hall–Kier alpha value is -2.33. The topological polar surface area (TPSA) is 49.8 Å². The minimum atomic E-state index is -0.195. The number of hydrogen-bond donors (Lipinski definition) is 1. The number of aromatic hydroxyl groups is 1. The van der Waals surface area contributed by atoms with Gasteiger partial charge in [0.2, 0.25) is 0 Å². The van der Waals surface area contributed by atoms with E-state index in [4.69, 9.17) is 4.74 Å². The molecule has 1 heterocycles. The van der Waals surface area contributed by atoms with E-state index in [0.717, 1.165) is 56.3 Å². The van der Waals surface area contributed by atoms with Crippen LogP contribution in [-0.4, -0.2) is 35.1 Å². The lowest BCUT2D eigenvalue weighted by Gasteiger charge is -2.35. The van der Waals surface area contributed by atoms with Gasteiger partial charge in [-0.15, -0.1) is 0 Å². The number of nitrogens with zero attached hydrogens (tertiary/aromatic N) is 1. The summed E-state index contributed by atoms with van der Waals surface area (Å²) < 4.78 is 5.62. The smallest absolute Gasteiger partial charge is 0.339 e. The van der Waals surface area contributed by atoms with Gasteiger partial charge in [0.25, 0.3) is 0 Å². The van der Waals surface area contributed by atoms with E-state index in [9.17, 15) is 9.90 Å². The van der Waals surface area contributed by atoms with Gasteiger partial charge in [-0.25, -0.2) is 4.79 Å². The number of ether oxygens (including phenoxy) is 1. The van der Waals surface area contributed by atoms with Crippen LogP contribution in [0, 0.1) is 0 Å². The largest absolute Gasteiger partial charge is 0.508 e. The van der Waals surface area contributed by atoms with Crippen LogP contribution in [0.2, 0.25) is 0 Å². The third-order valence-electron chi connectivity index (χ3n) is 5.91. The van der Waals surface area contributed by atoms with Crippen molar-refractivity contribution < 1.29 is 14.6 Å². The molecule has 2 aromatic rings. The molecule has 0 bridgehead atoms. The van der Waals surface area contributed by atoms with Crippen molar-refractivity contribution in [3.8, 4) is 5.75 Å². The molecule has 1 N–H and O–H groups in total. The number of carbonyl (C=O) groups excluding carboxylic acids is 1. The van der Waals surface area contributed by atoms with Crippen LogP contribution in [-0.2, 0) is 17.6 Å². The summed E-state index contributed by atoms with van der Waals surface area (Å²) in [5.74, 6) is 0.238. The van der Waals surface area contributed by atoms with Gasteiger partial charge in [0, 0.05) is 24.6 Å². The summed E-state index contributed by atoms with van der Waals surface area (Å²) in [6.07, 6.45) is 4.76. The normalized spacial score (nSPS) is 21.0. The molecular formula is C23H27NO3. The summed E-state index contributed by atoms with van der Waals surface area (Å²) >= 11 is 0. The molecule has 1 aliphatic carbocycles. The van der Waals surface area contributed by atoms with Crippen molar-refractivity contribution in [1.29, 1.82) is 0 Å². The zero-order valence-corrected chi connectivity index (χ0v) is 15.9. The first-order chi connectivity index (χ1) is 13.2. The van der Waals surface area contributed by atoms with Crippen molar-refractivity contribution in [3.05, 3.63) is 64.7 Å². The van der Waals surface area contributed by atoms with Crippen molar-refractivity contribution in [2.24, 2.45) is 0 Å². The molecule has 2 aromatic carbocycles. The highest BCUT2D eigenvalue weighted by atomic mass is 16.5. The number of rotatable bonds is 6. The molecule has 2 aliphatic rings. The highest BCUT2D eigenvalue weighted by molar-refractivity contribution is 5.93. The zero-order chi connectivity index (χ0) is 18.8. The molecule has 2 atom stereocenters. The fourth-order valence-electron chi connectivity index (χ4n) is 4.56. The molecule has 142 valence electrons. The van der Waals surface area contributed by atoms with Gasteiger partial charge in [-0.05, 0) is 55.5 Å².